The Bertz CT molecular complexity index is 732. The van der Waals surface area contributed by atoms with Crippen LogP contribution in [-0.2, 0) is 9.53 Å². The van der Waals surface area contributed by atoms with Gasteiger partial charge >= 0.3 is 6.09 Å². The maximum atomic E-state index is 13.6. The van der Waals surface area contributed by atoms with E-state index in [0.717, 1.165) is 12.1 Å². The predicted molar refractivity (Wildman–Crippen MR) is 77.6 cm³/mol. The zero-order chi connectivity index (χ0) is 16.4. The van der Waals surface area contributed by atoms with Crippen molar-refractivity contribution in [2.45, 2.75) is 12.1 Å². The van der Waals surface area contributed by atoms with Gasteiger partial charge in [-0.25, -0.2) is 13.6 Å². The molecule has 0 aromatic heterocycles. The number of cyclic esters (lactones) is 1. The van der Waals surface area contributed by atoms with Gasteiger partial charge in [-0.1, -0.05) is 36.4 Å². The number of amides is 2. The summed E-state index contributed by atoms with van der Waals surface area (Å²) in [6.45, 7) is 0. The molecule has 2 N–H and O–H groups in total. The third kappa shape index (κ3) is 2.98. The Hall–Kier alpha value is -2.96. The summed E-state index contributed by atoms with van der Waals surface area (Å²) in [7, 11) is 0. The summed E-state index contributed by atoms with van der Waals surface area (Å²) in [5.41, 5.74) is 0.0328. The lowest BCUT2D eigenvalue weighted by Crippen LogP contribution is -2.40. The number of halogens is 2. The van der Waals surface area contributed by atoms with Gasteiger partial charge in [-0.3, -0.25) is 4.79 Å². The third-order valence-corrected chi connectivity index (χ3v) is 3.43. The second-order valence-electron chi connectivity index (χ2n) is 4.94. The smallest absolute Gasteiger partial charge is 0.408 e. The summed E-state index contributed by atoms with van der Waals surface area (Å²) in [5, 5.41) is 4.50. The number of carbonyl (C=O) groups is 2. The minimum absolute atomic E-state index is 0.564. The Morgan fingerprint density at radius 1 is 1.04 bits per heavy atom. The summed E-state index contributed by atoms with van der Waals surface area (Å²) in [5.74, 6) is -2.58. The van der Waals surface area contributed by atoms with Gasteiger partial charge in [0.2, 0.25) is 0 Å². The summed E-state index contributed by atoms with van der Waals surface area (Å²) in [4.78, 5) is 23.8. The van der Waals surface area contributed by atoms with E-state index >= 15 is 0 Å². The van der Waals surface area contributed by atoms with Crippen LogP contribution in [-0.4, -0.2) is 18.0 Å². The van der Waals surface area contributed by atoms with E-state index in [1.54, 1.807) is 30.3 Å². The van der Waals surface area contributed by atoms with Crippen molar-refractivity contribution in [2.24, 2.45) is 0 Å². The van der Waals surface area contributed by atoms with Gasteiger partial charge < -0.3 is 15.4 Å². The van der Waals surface area contributed by atoms with Crippen molar-refractivity contribution in [3.8, 4) is 0 Å². The van der Waals surface area contributed by atoms with E-state index in [1.165, 1.54) is 6.07 Å². The molecular weight excluding hydrogens is 306 g/mol. The van der Waals surface area contributed by atoms with Crippen LogP contribution < -0.4 is 10.6 Å². The highest BCUT2D eigenvalue weighted by Gasteiger charge is 2.40. The first-order chi connectivity index (χ1) is 11.1. The molecule has 2 aromatic carbocycles. The molecule has 2 aromatic rings. The number of alkyl carbamates (subject to hydrolysis) is 1. The lowest BCUT2D eigenvalue weighted by molar-refractivity contribution is -0.119. The Labute approximate surface area is 130 Å². The number of carbonyl (C=O) groups excluding carboxylic acids is 2. The molecule has 118 valence electrons. The van der Waals surface area contributed by atoms with Gasteiger partial charge in [0, 0.05) is 0 Å². The highest BCUT2D eigenvalue weighted by molar-refractivity contribution is 5.98. The average molecular weight is 318 g/mol. The van der Waals surface area contributed by atoms with Gasteiger partial charge in [0.1, 0.15) is 17.3 Å². The molecule has 0 aliphatic carbocycles. The van der Waals surface area contributed by atoms with Crippen molar-refractivity contribution in [1.29, 1.82) is 0 Å². The van der Waals surface area contributed by atoms with Crippen molar-refractivity contribution in [3.63, 3.8) is 0 Å². The molecule has 2 unspecified atom stereocenters. The number of anilines is 1. The maximum Gasteiger partial charge on any atom is 0.408 e. The van der Waals surface area contributed by atoms with Crippen LogP contribution in [0.1, 0.15) is 11.7 Å². The molecule has 3 rings (SSSR count). The zero-order valence-electron chi connectivity index (χ0n) is 11.8. The van der Waals surface area contributed by atoms with Crippen LogP contribution in [0.5, 0.6) is 0 Å². The number of para-hydroxylation sites is 1. The van der Waals surface area contributed by atoms with Crippen molar-refractivity contribution in [3.05, 3.63) is 65.7 Å². The normalized spacial score (nSPS) is 19.8. The Morgan fingerprint density at radius 3 is 2.35 bits per heavy atom. The summed E-state index contributed by atoms with van der Waals surface area (Å²) in [6, 6.07) is 10.8. The minimum atomic E-state index is -1.09. The average Bonchev–Trinajstić information content (AvgIpc) is 2.94. The summed E-state index contributed by atoms with van der Waals surface area (Å²) < 4.78 is 32.3. The molecule has 7 heteroatoms. The first kappa shape index (κ1) is 15.0. The molecule has 2 atom stereocenters. The number of hydrogen-bond donors (Lipinski definition) is 2. The van der Waals surface area contributed by atoms with Crippen LogP contribution in [0.3, 0.4) is 0 Å². The second-order valence-corrected chi connectivity index (χ2v) is 4.94. The largest absolute Gasteiger partial charge is 0.439 e. The quantitative estimate of drug-likeness (QED) is 0.914. The lowest BCUT2D eigenvalue weighted by Gasteiger charge is -2.17. The van der Waals surface area contributed by atoms with Gasteiger partial charge in [0.15, 0.2) is 12.1 Å². The van der Waals surface area contributed by atoms with Gasteiger partial charge in [-0.05, 0) is 17.7 Å². The van der Waals surface area contributed by atoms with Gasteiger partial charge in [-0.15, -0.1) is 0 Å². The highest BCUT2D eigenvalue weighted by Crippen LogP contribution is 2.28. The molecule has 0 saturated carbocycles. The first-order valence-electron chi connectivity index (χ1n) is 6.83. The number of rotatable bonds is 3. The third-order valence-electron chi connectivity index (χ3n) is 3.43. The van der Waals surface area contributed by atoms with Crippen molar-refractivity contribution < 1.29 is 23.1 Å². The van der Waals surface area contributed by atoms with Crippen LogP contribution >= 0.6 is 0 Å². The van der Waals surface area contributed by atoms with E-state index in [-0.39, 0.29) is 0 Å². The topological polar surface area (TPSA) is 67.4 Å². The molecule has 2 amide bonds. The molecular formula is C16H12F2N2O3. The minimum Gasteiger partial charge on any atom is -0.439 e. The number of hydrogen-bond acceptors (Lipinski definition) is 3. The van der Waals surface area contributed by atoms with Crippen LogP contribution in [0.2, 0.25) is 0 Å². The van der Waals surface area contributed by atoms with Crippen molar-refractivity contribution in [1.82, 2.24) is 5.32 Å². The number of benzene rings is 2. The van der Waals surface area contributed by atoms with Crippen LogP contribution in [0, 0.1) is 11.6 Å². The molecule has 0 radical (unpaired) electrons. The van der Waals surface area contributed by atoms with Gasteiger partial charge in [0.25, 0.3) is 5.91 Å². The molecule has 1 fully saturated rings. The van der Waals surface area contributed by atoms with Gasteiger partial charge in [0.05, 0.1) is 0 Å². The van der Waals surface area contributed by atoms with Crippen LogP contribution in [0.25, 0.3) is 0 Å². The number of ether oxygens (including phenoxy) is 1. The van der Waals surface area contributed by atoms with Crippen LogP contribution in [0.4, 0.5) is 19.3 Å². The molecule has 1 aliphatic rings. The summed E-state index contributed by atoms with van der Waals surface area (Å²) >= 11 is 0. The zero-order valence-corrected chi connectivity index (χ0v) is 11.8. The fourth-order valence-corrected chi connectivity index (χ4v) is 2.34. The summed E-state index contributed by atoms with van der Waals surface area (Å²) in [6.07, 6.45) is -1.65. The van der Waals surface area contributed by atoms with Crippen molar-refractivity contribution >= 4 is 17.7 Å². The molecule has 1 saturated heterocycles. The molecule has 5 nitrogen and oxygen atoms in total. The monoisotopic (exact) mass is 318 g/mol. The van der Waals surface area contributed by atoms with E-state index in [4.69, 9.17) is 4.74 Å². The van der Waals surface area contributed by atoms with Crippen molar-refractivity contribution in [2.75, 3.05) is 5.32 Å². The SMILES string of the molecule is O=C1NC(C(=O)Nc2c(F)cccc2F)C(c2ccccc2)O1. The lowest BCUT2D eigenvalue weighted by atomic mass is 10.0. The highest BCUT2D eigenvalue weighted by atomic mass is 19.1. The molecule has 1 heterocycles. The van der Waals surface area contributed by atoms with E-state index in [9.17, 15) is 18.4 Å². The fraction of sp³-hybridized carbons (Fsp3) is 0.125. The van der Waals surface area contributed by atoms with Gasteiger partial charge in [-0.2, -0.15) is 0 Å². The fourth-order valence-electron chi connectivity index (χ4n) is 2.34. The standard InChI is InChI=1S/C16H12F2N2O3/c17-10-7-4-8-11(18)12(10)19-15(21)13-14(23-16(22)20-13)9-5-2-1-3-6-9/h1-8,13-14H,(H,19,21)(H,20,22). The Balaban J connectivity index is 1.84. The number of nitrogens with one attached hydrogen (secondary N) is 2. The molecule has 1 aliphatic heterocycles. The van der Waals surface area contributed by atoms with E-state index < -0.39 is 41.5 Å². The Morgan fingerprint density at radius 2 is 1.70 bits per heavy atom. The second kappa shape index (κ2) is 6.04. The Kier molecular flexibility index (Phi) is 3.92. The predicted octanol–water partition coefficient (Wildman–Crippen LogP) is 2.75. The van der Waals surface area contributed by atoms with E-state index in [2.05, 4.69) is 10.6 Å². The first-order valence-corrected chi connectivity index (χ1v) is 6.83. The van der Waals surface area contributed by atoms with E-state index in [1.807, 2.05) is 0 Å². The molecule has 0 bridgehead atoms. The molecule has 23 heavy (non-hydrogen) atoms. The van der Waals surface area contributed by atoms with Crippen LogP contribution in [0.15, 0.2) is 48.5 Å². The maximum absolute atomic E-state index is 13.6. The van der Waals surface area contributed by atoms with E-state index in [0.29, 0.717) is 5.56 Å². The molecule has 0 spiro atoms.